The molecule has 0 atom stereocenters. The molecule has 4 heteroatoms. The van der Waals surface area contributed by atoms with Gasteiger partial charge in [-0.15, -0.1) is 0 Å². The predicted molar refractivity (Wildman–Crippen MR) is 90.3 cm³/mol. The first-order valence-corrected chi connectivity index (χ1v) is 7.73. The minimum absolute atomic E-state index is 0.0481. The molecule has 0 saturated carbocycles. The number of carbonyl (C=O) groups excluding carboxylic acids is 1. The van der Waals surface area contributed by atoms with E-state index in [9.17, 15) is 4.79 Å². The zero-order chi connectivity index (χ0) is 15.5. The third-order valence-corrected chi connectivity index (χ3v) is 4.72. The third kappa shape index (κ3) is 3.38. The number of thiol groups is 1. The highest BCUT2D eigenvalue weighted by atomic mass is 32.1. The molecule has 1 amide bonds. The van der Waals surface area contributed by atoms with Crippen molar-refractivity contribution >= 4 is 24.8 Å². The van der Waals surface area contributed by atoms with E-state index in [1.807, 2.05) is 36.1 Å². The fourth-order valence-corrected chi connectivity index (χ4v) is 3.12. The number of carbonyl (C=O) groups is 1. The maximum Gasteiger partial charge on any atom is 0.253 e. The smallest absolute Gasteiger partial charge is 0.253 e. The van der Waals surface area contributed by atoms with Crippen molar-refractivity contribution in [1.82, 2.24) is 4.90 Å². The van der Waals surface area contributed by atoms with E-state index in [1.165, 1.54) is 6.21 Å². The number of likely N-dealkylation sites (tertiary alicyclic amines) is 1. The molecule has 2 rings (SSSR count). The van der Waals surface area contributed by atoms with Crippen LogP contribution in [0.1, 0.15) is 35.7 Å². The van der Waals surface area contributed by atoms with Crippen LogP contribution in [0.25, 0.3) is 0 Å². The number of amides is 1. The van der Waals surface area contributed by atoms with Crippen molar-refractivity contribution in [1.29, 1.82) is 5.41 Å². The summed E-state index contributed by atoms with van der Waals surface area (Å²) < 4.78 is 0. The zero-order valence-corrected chi connectivity index (χ0v) is 13.5. The number of allylic oxidation sites excluding steroid dienone is 1. The molecular formula is C17H22N2OS. The molecule has 1 aliphatic rings. The summed E-state index contributed by atoms with van der Waals surface area (Å²) in [7, 11) is 0. The lowest BCUT2D eigenvalue weighted by Crippen LogP contribution is -2.43. The van der Waals surface area contributed by atoms with Crippen molar-refractivity contribution in [2.75, 3.05) is 13.1 Å². The molecule has 1 aromatic rings. The monoisotopic (exact) mass is 302 g/mol. The average molecular weight is 302 g/mol. The van der Waals surface area contributed by atoms with Crippen LogP contribution in [-0.4, -0.2) is 30.1 Å². The molecule has 1 aliphatic heterocycles. The molecule has 0 aromatic heterocycles. The largest absolute Gasteiger partial charge is 0.339 e. The van der Waals surface area contributed by atoms with Crippen LogP contribution in [0.4, 0.5) is 0 Å². The van der Waals surface area contributed by atoms with Gasteiger partial charge in [-0.05, 0) is 48.3 Å². The van der Waals surface area contributed by atoms with Gasteiger partial charge in [0.25, 0.3) is 5.91 Å². The normalized spacial score (nSPS) is 18.4. The SMILES string of the molecule is Cc1ccc(C(=O)N2CCC(C)(/C(C=N)=C/S)CC2)cc1. The van der Waals surface area contributed by atoms with Gasteiger partial charge in [0.05, 0.1) is 0 Å². The molecule has 0 radical (unpaired) electrons. The third-order valence-electron chi connectivity index (χ3n) is 4.44. The average Bonchev–Trinajstić information content (AvgIpc) is 2.49. The summed E-state index contributed by atoms with van der Waals surface area (Å²) in [5.41, 5.74) is 2.80. The first kappa shape index (κ1) is 15.8. The van der Waals surface area contributed by atoms with Crippen LogP contribution in [0.15, 0.2) is 35.2 Å². The zero-order valence-electron chi connectivity index (χ0n) is 12.6. The fourth-order valence-electron chi connectivity index (χ4n) is 2.74. The van der Waals surface area contributed by atoms with Gasteiger partial charge in [0, 0.05) is 24.9 Å². The van der Waals surface area contributed by atoms with Crippen LogP contribution < -0.4 is 0 Å². The van der Waals surface area contributed by atoms with Crippen molar-refractivity contribution in [2.24, 2.45) is 5.41 Å². The Morgan fingerprint density at radius 1 is 1.29 bits per heavy atom. The molecule has 0 spiro atoms. The van der Waals surface area contributed by atoms with Crippen LogP contribution in [-0.2, 0) is 0 Å². The molecule has 21 heavy (non-hydrogen) atoms. The van der Waals surface area contributed by atoms with E-state index in [-0.39, 0.29) is 11.3 Å². The number of nitrogens with one attached hydrogen (secondary N) is 1. The molecule has 3 nitrogen and oxygen atoms in total. The van der Waals surface area contributed by atoms with Crippen LogP contribution in [0.5, 0.6) is 0 Å². The van der Waals surface area contributed by atoms with Gasteiger partial charge in [0.2, 0.25) is 0 Å². The van der Waals surface area contributed by atoms with Gasteiger partial charge in [-0.1, -0.05) is 24.6 Å². The van der Waals surface area contributed by atoms with Crippen LogP contribution in [0.3, 0.4) is 0 Å². The molecule has 1 heterocycles. The Labute approximate surface area is 132 Å². The molecule has 0 aliphatic carbocycles. The Balaban J connectivity index is 2.05. The number of nitrogens with zero attached hydrogens (tertiary/aromatic N) is 1. The number of hydrogen-bond acceptors (Lipinski definition) is 3. The second-order valence-electron chi connectivity index (χ2n) is 5.95. The lowest BCUT2D eigenvalue weighted by Gasteiger charge is -2.40. The summed E-state index contributed by atoms with van der Waals surface area (Å²) in [4.78, 5) is 14.4. The second kappa shape index (κ2) is 6.48. The topological polar surface area (TPSA) is 44.2 Å². The Morgan fingerprint density at radius 2 is 1.86 bits per heavy atom. The van der Waals surface area contributed by atoms with Gasteiger partial charge in [-0.25, -0.2) is 0 Å². The van der Waals surface area contributed by atoms with Gasteiger partial charge in [0.1, 0.15) is 0 Å². The van der Waals surface area contributed by atoms with Crippen molar-refractivity contribution in [3.63, 3.8) is 0 Å². The first-order chi connectivity index (χ1) is 10.00. The molecule has 1 fully saturated rings. The lowest BCUT2D eigenvalue weighted by atomic mass is 9.75. The number of hydrogen-bond donors (Lipinski definition) is 2. The maximum atomic E-state index is 12.5. The van der Waals surface area contributed by atoms with Crippen LogP contribution >= 0.6 is 12.6 Å². The molecular weight excluding hydrogens is 280 g/mol. The number of piperidine rings is 1. The predicted octanol–water partition coefficient (Wildman–Crippen LogP) is 3.70. The second-order valence-corrected chi connectivity index (χ2v) is 6.21. The molecule has 112 valence electrons. The van der Waals surface area contributed by atoms with Gasteiger partial charge >= 0.3 is 0 Å². The van der Waals surface area contributed by atoms with E-state index in [4.69, 9.17) is 5.41 Å². The highest BCUT2D eigenvalue weighted by Crippen LogP contribution is 2.37. The minimum atomic E-state index is -0.0481. The highest BCUT2D eigenvalue weighted by molar-refractivity contribution is 7.83. The Morgan fingerprint density at radius 3 is 2.33 bits per heavy atom. The summed E-state index contributed by atoms with van der Waals surface area (Å²) in [6.45, 7) is 5.61. The van der Waals surface area contributed by atoms with Gasteiger partial charge < -0.3 is 10.3 Å². The van der Waals surface area contributed by atoms with E-state index in [0.717, 1.165) is 42.6 Å². The van der Waals surface area contributed by atoms with E-state index in [1.54, 1.807) is 5.41 Å². The Bertz CT molecular complexity index is 555. The highest BCUT2D eigenvalue weighted by Gasteiger charge is 2.34. The quantitative estimate of drug-likeness (QED) is 0.649. The van der Waals surface area contributed by atoms with Gasteiger partial charge in [-0.3, -0.25) is 4.79 Å². The van der Waals surface area contributed by atoms with Crippen LogP contribution in [0.2, 0.25) is 0 Å². The fraction of sp³-hybridized carbons (Fsp3) is 0.412. The lowest BCUT2D eigenvalue weighted by molar-refractivity contribution is 0.0652. The van der Waals surface area contributed by atoms with Gasteiger partial charge in [0.15, 0.2) is 0 Å². The van der Waals surface area contributed by atoms with E-state index in [0.29, 0.717) is 0 Å². The summed E-state index contributed by atoms with van der Waals surface area (Å²) in [6, 6.07) is 7.72. The summed E-state index contributed by atoms with van der Waals surface area (Å²) in [5.74, 6) is 0.100. The van der Waals surface area contributed by atoms with E-state index < -0.39 is 0 Å². The minimum Gasteiger partial charge on any atom is -0.339 e. The maximum absolute atomic E-state index is 12.5. The van der Waals surface area contributed by atoms with E-state index >= 15 is 0 Å². The van der Waals surface area contributed by atoms with E-state index in [2.05, 4.69) is 19.6 Å². The van der Waals surface area contributed by atoms with Crippen molar-refractivity contribution in [2.45, 2.75) is 26.7 Å². The first-order valence-electron chi connectivity index (χ1n) is 7.21. The Kier molecular flexibility index (Phi) is 4.88. The number of rotatable bonds is 3. The van der Waals surface area contributed by atoms with Crippen LogP contribution in [0, 0.1) is 17.7 Å². The summed E-state index contributed by atoms with van der Waals surface area (Å²) >= 11 is 4.20. The molecule has 0 bridgehead atoms. The van der Waals surface area contributed by atoms with Crippen molar-refractivity contribution in [3.8, 4) is 0 Å². The summed E-state index contributed by atoms with van der Waals surface area (Å²) in [6.07, 6.45) is 3.11. The molecule has 1 aromatic carbocycles. The number of benzene rings is 1. The Hall–Kier alpha value is -1.55. The van der Waals surface area contributed by atoms with Crippen molar-refractivity contribution < 1.29 is 4.79 Å². The molecule has 1 saturated heterocycles. The number of aryl methyl sites for hydroxylation is 1. The van der Waals surface area contributed by atoms with Gasteiger partial charge in [-0.2, -0.15) is 12.6 Å². The summed E-state index contributed by atoms with van der Waals surface area (Å²) in [5, 5.41) is 9.20. The molecule has 1 N–H and O–H groups in total. The molecule has 0 unspecified atom stereocenters. The standard InChI is InChI=1S/C17H22N2OS/c1-13-3-5-14(6-4-13)16(20)19-9-7-17(2,8-10-19)15(11-18)12-21/h3-6,11-12,18,21H,7-10H2,1-2H3/b15-12+,18-11?. The van der Waals surface area contributed by atoms with Crippen molar-refractivity contribution in [3.05, 3.63) is 46.4 Å².